The van der Waals surface area contributed by atoms with Crippen molar-refractivity contribution in [1.82, 2.24) is 5.32 Å². The SMILES string of the molecule is CCOc1ccc(N)cc1C(=O)NC(C)c1cccc(C)c1. The molecule has 116 valence electrons. The Labute approximate surface area is 131 Å². The molecule has 0 aliphatic rings. The molecular formula is C18H22N2O2. The van der Waals surface area contributed by atoms with Gasteiger partial charge >= 0.3 is 0 Å². The molecule has 2 aromatic carbocycles. The summed E-state index contributed by atoms with van der Waals surface area (Å²) >= 11 is 0. The molecule has 0 heterocycles. The Bertz CT molecular complexity index is 668. The minimum Gasteiger partial charge on any atom is -0.493 e. The predicted octanol–water partition coefficient (Wildman–Crippen LogP) is 3.47. The minimum absolute atomic E-state index is 0.0942. The molecule has 0 spiro atoms. The predicted molar refractivity (Wildman–Crippen MR) is 89.1 cm³/mol. The van der Waals surface area contributed by atoms with Crippen LogP contribution < -0.4 is 15.8 Å². The normalized spacial score (nSPS) is 11.8. The molecule has 1 atom stereocenters. The fourth-order valence-electron chi connectivity index (χ4n) is 2.30. The first-order valence-corrected chi connectivity index (χ1v) is 7.41. The Morgan fingerprint density at radius 3 is 2.73 bits per heavy atom. The highest BCUT2D eigenvalue weighted by molar-refractivity contribution is 5.98. The number of rotatable bonds is 5. The third-order valence-electron chi connectivity index (χ3n) is 3.44. The van der Waals surface area contributed by atoms with Crippen molar-refractivity contribution in [1.29, 1.82) is 0 Å². The van der Waals surface area contributed by atoms with E-state index in [-0.39, 0.29) is 11.9 Å². The van der Waals surface area contributed by atoms with Crippen LogP contribution in [0.5, 0.6) is 5.75 Å². The van der Waals surface area contributed by atoms with Gasteiger partial charge in [0, 0.05) is 5.69 Å². The van der Waals surface area contributed by atoms with Crippen LogP contribution in [-0.4, -0.2) is 12.5 Å². The first-order valence-electron chi connectivity index (χ1n) is 7.41. The lowest BCUT2D eigenvalue weighted by molar-refractivity contribution is 0.0936. The number of nitrogens with two attached hydrogens (primary N) is 1. The Morgan fingerprint density at radius 2 is 2.05 bits per heavy atom. The number of nitrogen functional groups attached to an aromatic ring is 1. The average molecular weight is 298 g/mol. The molecule has 2 rings (SSSR count). The highest BCUT2D eigenvalue weighted by Gasteiger charge is 2.16. The van der Waals surface area contributed by atoms with E-state index in [0.717, 1.165) is 11.1 Å². The Hall–Kier alpha value is -2.49. The van der Waals surface area contributed by atoms with Gasteiger partial charge in [-0.1, -0.05) is 29.8 Å². The lowest BCUT2D eigenvalue weighted by Gasteiger charge is -2.17. The third-order valence-corrected chi connectivity index (χ3v) is 3.44. The first-order chi connectivity index (χ1) is 10.5. The monoisotopic (exact) mass is 298 g/mol. The zero-order chi connectivity index (χ0) is 16.1. The fraction of sp³-hybridized carbons (Fsp3) is 0.278. The highest BCUT2D eigenvalue weighted by atomic mass is 16.5. The molecular weight excluding hydrogens is 276 g/mol. The van der Waals surface area contributed by atoms with E-state index in [4.69, 9.17) is 10.5 Å². The number of nitrogens with one attached hydrogen (secondary N) is 1. The topological polar surface area (TPSA) is 64.3 Å². The van der Waals surface area contributed by atoms with Gasteiger partial charge in [0.25, 0.3) is 5.91 Å². The molecule has 0 aliphatic heterocycles. The molecule has 4 heteroatoms. The summed E-state index contributed by atoms with van der Waals surface area (Å²) in [4.78, 5) is 12.5. The lowest BCUT2D eigenvalue weighted by Crippen LogP contribution is -2.27. The van der Waals surface area contributed by atoms with Crippen molar-refractivity contribution in [2.75, 3.05) is 12.3 Å². The number of carbonyl (C=O) groups excluding carboxylic acids is 1. The van der Waals surface area contributed by atoms with E-state index in [9.17, 15) is 4.79 Å². The number of carbonyl (C=O) groups is 1. The number of hydrogen-bond donors (Lipinski definition) is 2. The molecule has 1 unspecified atom stereocenters. The van der Waals surface area contributed by atoms with E-state index in [2.05, 4.69) is 11.4 Å². The summed E-state index contributed by atoms with van der Waals surface area (Å²) in [6.07, 6.45) is 0. The molecule has 22 heavy (non-hydrogen) atoms. The van der Waals surface area contributed by atoms with Crippen LogP contribution in [-0.2, 0) is 0 Å². The van der Waals surface area contributed by atoms with Crippen molar-refractivity contribution in [2.24, 2.45) is 0 Å². The standard InChI is InChI=1S/C18H22N2O2/c1-4-22-17-9-8-15(19)11-16(17)18(21)20-13(3)14-7-5-6-12(2)10-14/h5-11,13H,4,19H2,1-3H3,(H,20,21). The van der Waals surface area contributed by atoms with E-state index in [1.54, 1.807) is 18.2 Å². The maximum Gasteiger partial charge on any atom is 0.255 e. The molecule has 0 aromatic heterocycles. The van der Waals surface area contributed by atoms with Gasteiger partial charge < -0.3 is 15.8 Å². The van der Waals surface area contributed by atoms with Crippen molar-refractivity contribution in [3.05, 3.63) is 59.2 Å². The van der Waals surface area contributed by atoms with Crippen molar-refractivity contribution < 1.29 is 9.53 Å². The van der Waals surface area contributed by atoms with Crippen LogP contribution >= 0.6 is 0 Å². The highest BCUT2D eigenvalue weighted by Crippen LogP contribution is 2.23. The molecule has 0 fully saturated rings. The average Bonchev–Trinajstić information content (AvgIpc) is 2.49. The zero-order valence-corrected chi connectivity index (χ0v) is 13.2. The maximum atomic E-state index is 12.5. The second-order valence-corrected chi connectivity index (χ2v) is 5.30. The summed E-state index contributed by atoms with van der Waals surface area (Å²) in [5.41, 5.74) is 9.02. The largest absolute Gasteiger partial charge is 0.493 e. The second-order valence-electron chi connectivity index (χ2n) is 5.30. The van der Waals surface area contributed by atoms with E-state index >= 15 is 0 Å². The van der Waals surface area contributed by atoms with Gasteiger partial charge in [-0.05, 0) is 44.5 Å². The number of aryl methyl sites for hydroxylation is 1. The van der Waals surface area contributed by atoms with Gasteiger partial charge in [-0.25, -0.2) is 0 Å². The summed E-state index contributed by atoms with van der Waals surface area (Å²) in [5, 5.41) is 2.99. The van der Waals surface area contributed by atoms with Gasteiger partial charge in [-0.15, -0.1) is 0 Å². The van der Waals surface area contributed by atoms with E-state index in [1.807, 2.05) is 39.0 Å². The van der Waals surface area contributed by atoms with Crippen molar-refractivity contribution in [3.63, 3.8) is 0 Å². The molecule has 0 bridgehead atoms. The third kappa shape index (κ3) is 3.79. The van der Waals surface area contributed by atoms with E-state index in [1.165, 1.54) is 0 Å². The molecule has 0 saturated carbocycles. The van der Waals surface area contributed by atoms with Crippen LogP contribution in [0.1, 0.15) is 41.4 Å². The van der Waals surface area contributed by atoms with Crippen LogP contribution in [0.4, 0.5) is 5.69 Å². The van der Waals surface area contributed by atoms with Crippen LogP contribution in [0.2, 0.25) is 0 Å². The minimum atomic E-state index is -0.190. The van der Waals surface area contributed by atoms with Crippen molar-refractivity contribution >= 4 is 11.6 Å². The number of amides is 1. The maximum absolute atomic E-state index is 12.5. The van der Waals surface area contributed by atoms with E-state index < -0.39 is 0 Å². The Balaban J connectivity index is 2.20. The lowest BCUT2D eigenvalue weighted by atomic mass is 10.0. The molecule has 3 N–H and O–H groups in total. The van der Waals surface area contributed by atoms with Crippen LogP contribution in [0.25, 0.3) is 0 Å². The van der Waals surface area contributed by atoms with Crippen LogP contribution in [0.3, 0.4) is 0 Å². The van der Waals surface area contributed by atoms with Gasteiger partial charge in [0.05, 0.1) is 18.2 Å². The molecule has 0 saturated heterocycles. The van der Waals surface area contributed by atoms with Crippen LogP contribution in [0.15, 0.2) is 42.5 Å². The number of hydrogen-bond acceptors (Lipinski definition) is 3. The smallest absolute Gasteiger partial charge is 0.255 e. The van der Waals surface area contributed by atoms with E-state index in [0.29, 0.717) is 23.6 Å². The van der Waals surface area contributed by atoms with Gasteiger partial charge in [0.2, 0.25) is 0 Å². The summed E-state index contributed by atoms with van der Waals surface area (Å²) in [6.45, 7) is 6.37. The zero-order valence-electron chi connectivity index (χ0n) is 13.2. The van der Waals surface area contributed by atoms with Gasteiger partial charge in [-0.2, -0.15) is 0 Å². The van der Waals surface area contributed by atoms with Crippen molar-refractivity contribution in [2.45, 2.75) is 26.8 Å². The number of benzene rings is 2. The quantitative estimate of drug-likeness (QED) is 0.831. The molecule has 2 aromatic rings. The van der Waals surface area contributed by atoms with Crippen LogP contribution in [0, 0.1) is 6.92 Å². The first kappa shape index (κ1) is 15.9. The number of ether oxygens (including phenoxy) is 1. The molecule has 0 radical (unpaired) electrons. The Morgan fingerprint density at radius 1 is 1.27 bits per heavy atom. The summed E-state index contributed by atoms with van der Waals surface area (Å²) in [7, 11) is 0. The van der Waals surface area contributed by atoms with Gasteiger partial charge in [0.15, 0.2) is 0 Å². The van der Waals surface area contributed by atoms with Gasteiger partial charge in [0.1, 0.15) is 5.75 Å². The molecule has 4 nitrogen and oxygen atoms in total. The molecule has 1 amide bonds. The van der Waals surface area contributed by atoms with Gasteiger partial charge in [-0.3, -0.25) is 4.79 Å². The summed E-state index contributed by atoms with van der Waals surface area (Å²) < 4.78 is 5.50. The van der Waals surface area contributed by atoms with Crippen molar-refractivity contribution in [3.8, 4) is 5.75 Å². The second kappa shape index (κ2) is 6.98. The summed E-state index contributed by atoms with van der Waals surface area (Å²) in [5.74, 6) is 0.357. The summed E-state index contributed by atoms with van der Waals surface area (Å²) in [6, 6.07) is 13.1. The molecule has 0 aliphatic carbocycles. The Kier molecular flexibility index (Phi) is 5.04. The number of anilines is 1. The fourth-order valence-corrected chi connectivity index (χ4v) is 2.30.